The number of hydrogen-bond donors (Lipinski definition) is 0. The monoisotopic (exact) mass is 308 g/mol. The molecular formula is C14H32N2O3S+2. The minimum atomic E-state index is -0.201. The van der Waals surface area contributed by atoms with Crippen LogP contribution in [0.4, 0.5) is 0 Å². The molecule has 0 heterocycles. The van der Waals surface area contributed by atoms with Gasteiger partial charge < -0.3 is 13.7 Å². The summed E-state index contributed by atoms with van der Waals surface area (Å²) in [5.74, 6) is 0.729. The highest BCUT2D eigenvalue weighted by Gasteiger charge is 2.07. The van der Waals surface area contributed by atoms with Gasteiger partial charge in [-0.25, -0.2) is 0 Å². The highest BCUT2D eigenvalue weighted by molar-refractivity contribution is 8.13. The van der Waals surface area contributed by atoms with E-state index < -0.39 is 0 Å². The number of quaternary nitrogens is 2. The van der Waals surface area contributed by atoms with Crippen molar-refractivity contribution in [2.75, 3.05) is 67.7 Å². The lowest BCUT2D eigenvalue weighted by Crippen LogP contribution is -2.37. The van der Waals surface area contributed by atoms with Crippen molar-refractivity contribution in [1.29, 1.82) is 0 Å². The molecule has 0 aliphatic heterocycles. The molecule has 120 valence electrons. The molecule has 0 fully saturated rings. The molecule has 0 aromatic carbocycles. The third kappa shape index (κ3) is 26.1. The third-order valence-corrected chi connectivity index (χ3v) is 2.93. The Kier molecular flexibility index (Phi) is 11.0. The van der Waals surface area contributed by atoms with E-state index in [0.29, 0.717) is 6.61 Å². The van der Waals surface area contributed by atoms with Gasteiger partial charge in [0, 0.05) is 13.8 Å². The molecule has 0 aliphatic rings. The van der Waals surface area contributed by atoms with Crippen molar-refractivity contribution in [2.24, 2.45) is 0 Å². The SMILES string of the molecule is CC(=O)OCC[N+](C)(C)C.CC(=O)SCC[N+](C)(C)C. The van der Waals surface area contributed by atoms with Crippen LogP contribution in [-0.4, -0.2) is 87.8 Å². The van der Waals surface area contributed by atoms with Gasteiger partial charge in [-0.15, -0.1) is 0 Å². The Labute approximate surface area is 128 Å². The molecule has 0 amide bonds. The predicted octanol–water partition coefficient (Wildman–Crippen LogP) is 1.23. The number of likely N-dealkylation sites (N-methyl/N-ethyl adjacent to an activating group) is 1. The van der Waals surface area contributed by atoms with E-state index in [-0.39, 0.29) is 11.1 Å². The van der Waals surface area contributed by atoms with E-state index in [1.54, 1.807) is 6.92 Å². The summed E-state index contributed by atoms with van der Waals surface area (Å²) < 4.78 is 6.52. The molecule has 0 unspecified atom stereocenters. The minimum Gasteiger partial charge on any atom is -0.460 e. The first-order valence-corrected chi connectivity index (χ1v) is 7.70. The first kappa shape index (κ1) is 21.7. The van der Waals surface area contributed by atoms with Crippen LogP contribution in [0.15, 0.2) is 0 Å². The summed E-state index contributed by atoms with van der Waals surface area (Å²) in [7, 11) is 12.6. The molecule has 0 aliphatic carbocycles. The van der Waals surface area contributed by atoms with E-state index >= 15 is 0 Å². The van der Waals surface area contributed by atoms with Crippen molar-refractivity contribution in [2.45, 2.75) is 13.8 Å². The Balaban J connectivity index is 0. The van der Waals surface area contributed by atoms with Gasteiger partial charge >= 0.3 is 5.97 Å². The Morgan fingerprint density at radius 2 is 1.35 bits per heavy atom. The highest BCUT2D eigenvalue weighted by atomic mass is 32.2. The fourth-order valence-electron chi connectivity index (χ4n) is 0.926. The van der Waals surface area contributed by atoms with E-state index in [4.69, 9.17) is 4.74 Å². The topological polar surface area (TPSA) is 43.4 Å². The number of thioether (sulfide) groups is 1. The molecule has 0 spiro atoms. The quantitative estimate of drug-likeness (QED) is 0.547. The zero-order valence-electron chi connectivity index (χ0n) is 14.4. The van der Waals surface area contributed by atoms with Crippen LogP contribution in [0.2, 0.25) is 0 Å². The van der Waals surface area contributed by atoms with Gasteiger partial charge in [0.1, 0.15) is 13.2 Å². The van der Waals surface area contributed by atoms with Crippen LogP contribution >= 0.6 is 11.8 Å². The van der Waals surface area contributed by atoms with Crippen LogP contribution in [0.3, 0.4) is 0 Å². The smallest absolute Gasteiger partial charge is 0.302 e. The maximum atomic E-state index is 10.5. The fourth-order valence-corrected chi connectivity index (χ4v) is 1.85. The Hall–Kier alpha value is -0.590. The first-order valence-electron chi connectivity index (χ1n) is 6.71. The molecule has 5 nitrogen and oxygen atoms in total. The summed E-state index contributed by atoms with van der Waals surface area (Å²) in [6.45, 7) is 5.46. The molecule has 6 heteroatoms. The lowest BCUT2D eigenvalue weighted by molar-refractivity contribution is -0.870. The maximum Gasteiger partial charge on any atom is 0.302 e. The average Bonchev–Trinajstić information content (AvgIpc) is 2.12. The van der Waals surface area contributed by atoms with Gasteiger partial charge in [0.15, 0.2) is 5.12 Å². The van der Waals surface area contributed by atoms with Crippen LogP contribution < -0.4 is 0 Å². The lowest BCUT2D eigenvalue weighted by Gasteiger charge is -2.23. The van der Waals surface area contributed by atoms with Gasteiger partial charge in [0.05, 0.1) is 54.6 Å². The summed E-state index contributed by atoms with van der Waals surface area (Å²) >= 11 is 1.40. The molecule has 0 saturated heterocycles. The lowest BCUT2D eigenvalue weighted by atomic mass is 10.5. The standard InChI is InChI=1S/C7H16NO2.C7H16NOS/c2*1-7(9)10-6-5-8(2,3)4/h2*5-6H2,1-4H3/q2*+1. The Morgan fingerprint density at radius 3 is 1.65 bits per heavy atom. The predicted molar refractivity (Wildman–Crippen MR) is 85.6 cm³/mol. The summed E-state index contributed by atoms with van der Waals surface area (Å²) in [5, 5.41) is 0.216. The summed E-state index contributed by atoms with van der Waals surface area (Å²) in [6, 6.07) is 0. The van der Waals surface area contributed by atoms with Crippen molar-refractivity contribution in [3.05, 3.63) is 0 Å². The zero-order valence-corrected chi connectivity index (χ0v) is 15.2. The molecule has 0 rings (SSSR count). The van der Waals surface area contributed by atoms with Crippen molar-refractivity contribution in [3.63, 3.8) is 0 Å². The second-order valence-electron chi connectivity index (χ2n) is 6.71. The van der Waals surface area contributed by atoms with Gasteiger partial charge in [-0.2, -0.15) is 0 Å². The third-order valence-electron chi connectivity index (χ3n) is 2.13. The van der Waals surface area contributed by atoms with Crippen molar-refractivity contribution >= 4 is 22.8 Å². The van der Waals surface area contributed by atoms with Gasteiger partial charge in [-0.3, -0.25) is 9.59 Å². The van der Waals surface area contributed by atoms with Gasteiger partial charge in [0.25, 0.3) is 0 Å². The van der Waals surface area contributed by atoms with E-state index in [9.17, 15) is 9.59 Å². The number of nitrogens with zero attached hydrogens (tertiary/aromatic N) is 2. The Morgan fingerprint density at radius 1 is 0.900 bits per heavy atom. The van der Waals surface area contributed by atoms with E-state index in [1.165, 1.54) is 18.7 Å². The largest absolute Gasteiger partial charge is 0.460 e. The summed E-state index contributed by atoms with van der Waals surface area (Å²) in [5.41, 5.74) is 0. The summed E-state index contributed by atoms with van der Waals surface area (Å²) in [4.78, 5) is 20.8. The zero-order chi connectivity index (χ0) is 16.4. The van der Waals surface area contributed by atoms with Crippen LogP contribution in [0.25, 0.3) is 0 Å². The molecule has 20 heavy (non-hydrogen) atoms. The number of carbonyl (C=O) groups is 2. The summed E-state index contributed by atoms with van der Waals surface area (Å²) in [6.07, 6.45) is 0. The van der Waals surface area contributed by atoms with Gasteiger partial charge in [-0.1, -0.05) is 11.8 Å². The number of hydrogen-bond acceptors (Lipinski definition) is 4. The average molecular weight is 308 g/mol. The molecule has 0 aromatic heterocycles. The molecule has 0 saturated carbocycles. The van der Waals surface area contributed by atoms with Crippen LogP contribution in [0.1, 0.15) is 13.8 Å². The molecular weight excluding hydrogens is 276 g/mol. The molecule has 0 bridgehead atoms. The normalized spacial score (nSPS) is 11.4. The first-order chi connectivity index (χ1) is 8.83. The minimum absolute atomic E-state index is 0.201. The number of carbonyl (C=O) groups excluding carboxylic acids is 2. The van der Waals surface area contributed by atoms with Crippen LogP contribution in [0, 0.1) is 0 Å². The molecule has 0 atom stereocenters. The van der Waals surface area contributed by atoms with Gasteiger partial charge in [-0.05, 0) is 0 Å². The number of rotatable bonds is 6. The molecule has 0 aromatic rings. The number of esters is 1. The maximum absolute atomic E-state index is 10.5. The van der Waals surface area contributed by atoms with Crippen molar-refractivity contribution in [1.82, 2.24) is 0 Å². The van der Waals surface area contributed by atoms with Crippen LogP contribution in [-0.2, 0) is 14.3 Å². The van der Waals surface area contributed by atoms with Crippen molar-refractivity contribution in [3.8, 4) is 0 Å². The van der Waals surface area contributed by atoms with E-state index in [1.807, 2.05) is 0 Å². The highest BCUT2D eigenvalue weighted by Crippen LogP contribution is 2.02. The van der Waals surface area contributed by atoms with Crippen molar-refractivity contribution < 1.29 is 23.3 Å². The fraction of sp³-hybridized carbons (Fsp3) is 0.857. The van der Waals surface area contributed by atoms with Gasteiger partial charge in [0.2, 0.25) is 0 Å². The molecule has 0 radical (unpaired) electrons. The second-order valence-corrected chi connectivity index (χ2v) is 7.98. The molecule has 0 N–H and O–H groups in total. The van der Waals surface area contributed by atoms with Crippen LogP contribution in [0.5, 0.6) is 0 Å². The second kappa shape index (κ2) is 10.2. The Bertz CT molecular complexity index is 264. The van der Waals surface area contributed by atoms with E-state index in [0.717, 1.165) is 27.8 Å². The number of ether oxygens (including phenoxy) is 1. The van der Waals surface area contributed by atoms with E-state index in [2.05, 4.69) is 42.3 Å².